The summed E-state index contributed by atoms with van der Waals surface area (Å²) in [6.07, 6.45) is -4.84. The maximum absolute atomic E-state index is 12.6. The largest absolute Gasteiger partial charge is 0.468 e. The normalized spacial score (nSPS) is 10.8. The number of alkyl halides is 3. The molecule has 8 nitrogen and oxygen atoms in total. The van der Waals surface area contributed by atoms with E-state index in [1.165, 1.54) is 0 Å². The average molecular weight is 349 g/mol. The molecule has 0 saturated carbocycles. The second-order valence-corrected chi connectivity index (χ2v) is 4.52. The van der Waals surface area contributed by atoms with Crippen LogP contribution in [-0.4, -0.2) is 37.0 Å². The molecular weight excluding hydrogens is 335 g/mol. The van der Waals surface area contributed by atoms with E-state index >= 15 is 0 Å². The molecule has 0 saturated heterocycles. The summed E-state index contributed by atoms with van der Waals surface area (Å²) >= 11 is 0. The Balaban J connectivity index is 2.66. The highest BCUT2D eigenvalue weighted by atomic mass is 19.4. The van der Waals surface area contributed by atoms with E-state index < -0.39 is 34.2 Å². The van der Waals surface area contributed by atoms with Crippen molar-refractivity contribution in [2.24, 2.45) is 0 Å². The first-order chi connectivity index (χ1) is 11.1. The molecule has 0 aromatic heterocycles. The highest BCUT2D eigenvalue weighted by Gasteiger charge is 2.33. The SMILES string of the molecule is COC(=O)CNC(=O)CCNc1ccc(C(F)(F)F)cc1[N+](=O)[O-]. The van der Waals surface area contributed by atoms with Gasteiger partial charge in [0, 0.05) is 19.0 Å². The van der Waals surface area contributed by atoms with E-state index in [4.69, 9.17) is 0 Å². The molecule has 0 fully saturated rings. The standard InChI is InChI=1S/C13H14F3N3O5/c1-24-12(21)7-18-11(20)4-5-17-9-3-2-8(13(14,15)16)6-10(9)19(22)23/h2-3,6,17H,4-5,7H2,1H3,(H,18,20). The lowest BCUT2D eigenvalue weighted by atomic mass is 10.1. The van der Waals surface area contributed by atoms with Gasteiger partial charge in [0.05, 0.1) is 17.6 Å². The fraction of sp³-hybridized carbons (Fsp3) is 0.385. The summed E-state index contributed by atoms with van der Waals surface area (Å²) in [6, 6.07) is 2.04. The lowest BCUT2D eigenvalue weighted by Gasteiger charge is -2.10. The Bertz CT molecular complexity index is 634. The fourth-order valence-corrected chi connectivity index (χ4v) is 1.65. The summed E-state index contributed by atoms with van der Waals surface area (Å²) < 4.78 is 42.0. The van der Waals surface area contributed by atoms with E-state index in [1.54, 1.807) is 0 Å². The summed E-state index contributed by atoms with van der Waals surface area (Å²) in [4.78, 5) is 32.2. The second-order valence-electron chi connectivity index (χ2n) is 4.52. The second kappa shape index (κ2) is 8.13. The molecule has 2 N–H and O–H groups in total. The smallest absolute Gasteiger partial charge is 0.416 e. The summed E-state index contributed by atoms with van der Waals surface area (Å²) in [5, 5.41) is 15.6. The maximum atomic E-state index is 12.6. The Morgan fingerprint density at radius 2 is 2.00 bits per heavy atom. The molecule has 1 aromatic carbocycles. The number of hydrogen-bond acceptors (Lipinski definition) is 6. The number of hydrogen-bond donors (Lipinski definition) is 2. The fourth-order valence-electron chi connectivity index (χ4n) is 1.65. The Kier molecular flexibility index (Phi) is 6.50. The van der Waals surface area contributed by atoms with E-state index in [0.717, 1.165) is 13.2 Å². The van der Waals surface area contributed by atoms with Crippen molar-refractivity contribution in [3.8, 4) is 0 Å². The van der Waals surface area contributed by atoms with E-state index in [-0.39, 0.29) is 25.2 Å². The first-order valence-electron chi connectivity index (χ1n) is 6.58. The molecule has 0 spiro atoms. The van der Waals surface area contributed by atoms with E-state index in [0.29, 0.717) is 12.1 Å². The van der Waals surface area contributed by atoms with Crippen LogP contribution >= 0.6 is 0 Å². The van der Waals surface area contributed by atoms with Gasteiger partial charge in [0.15, 0.2) is 0 Å². The van der Waals surface area contributed by atoms with Crippen molar-refractivity contribution in [3.05, 3.63) is 33.9 Å². The minimum Gasteiger partial charge on any atom is -0.468 e. The molecule has 0 aliphatic carbocycles. The number of nitrogens with one attached hydrogen (secondary N) is 2. The molecule has 0 aliphatic rings. The van der Waals surface area contributed by atoms with Gasteiger partial charge in [-0.2, -0.15) is 13.2 Å². The van der Waals surface area contributed by atoms with Crippen molar-refractivity contribution in [3.63, 3.8) is 0 Å². The van der Waals surface area contributed by atoms with Crippen LogP contribution in [0.4, 0.5) is 24.5 Å². The van der Waals surface area contributed by atoms with E-state index in [9.17, 15) is 32.9 Å². The molecule has 0 bridgehead atoms. The number of halogens is 3. The third-order valence-corrected chi connectivity index (χ3v) is 2.85. The number of esters is 1. The van der Waals surface area contributed by atoms with Gasteiger partial charge >= 0.3 is 12.1 Å². The van der Waals surface area contributed by atoms with Gasteiger partial charge in [-0.05, 0) is 12.1 Å². The summed E-state index contributed by atoms with van der Waals surface area (Å²) in [6.45, 7) is -0.394. The first-order valence-corrected chi connectivity index (χ1v) is 6.58. The van der Waals surface area contributed by atoms with Crippen LogP contribution in [0, 0.1) is 10.1 Å². The number of ether oxygens (including phenoxy) is 1. The van der Waals surface area contributed by atoms with Gasteiger partial charge in [-0.15, -0.1) is 0 Å². The van der Waals surface area contributed by atoms with Crippen molar-refractivity contribution >= 4 is 23.3 Å². The molecule has 1 aromatic rings. The highest BCUT2D eigenvalue weighted by Crippen LogP contribution is 2.34. The van der Waals surface area contributed by atoms with Gasteiger partial charge in [0.25, 0.3) is 5.69 Å². The number of carbonyl (C=O) groups is 2. The number of carbonyl (C=O) groups excluding carboxylic acids is 2. The highest BCUT2D eigenvalue weighted by molar-refractivity contribution is 5.82. The minimum atomic E-state index is -4.70. The molecule has 1 amide bonds. The van der Waals surface area contributed by atoms with Crippen molar-refractivity contribution in [1.82, 2.24) is 5.32 Å². The number of nitro groups is 1. The topological polar surface area (TPSA) is 111 Å². The van der Waals surface area contributed by atoms with Crippen LogP contribution in [0.25, 0.3) is 0 Å². The Morgan fingerprint density at radius 3 is 2.54 bits per heavy atom. The zero-order chi connectivity index (χ0) is 18.3. The van der Waals surface area contributed by atoms with E-state index in [1.807, 2.05) is 0 Å². The van der Waals surface area contributed by atoms with E-state index in [2.05, 4.69) is 15.4 Å². The van der Waals surface area contributed by atoms with Crippen LogP contribution in [0.1, 0.15) is 12.0 Å². The van der Waals surface area contributed by atoms with Crippen molar-refractivity contribution < 1.29 is 32.4 Å². The lowest BCUT2D eigenvalue weighted by Crippen LogP contribution is -2.31. The summed E-state index contributed by atoms with van der Waals surface area (Å²) in [5.74, 6) is -1.17. The molecule has 0 aliphatic heterocycles. The van der Waals surface area contributed by atoms with Gasteiger partial charge in [-0.25, -0.2) is 0 Å². The number of rotatable bonds is 7. The van der Waals surface area contributed by atoms with Crippen molar-refractivity contribution in [2.45, 2.75) is 12.6 Å². The van der Waals surface area contributed by atoms with Gasteiger partial charge in [0.1, 0.15) is 12.2 Å². The van der Waals surface area contributed by atoms with Gasteiger partial charge < -0.3 is 15.4 Å². The number of anilines is 1. The Hall–Kier alpha value is -2.85. The van der Waals surface area contributed by atoms with Crippen LogP contribution in [0.5, 0.6) is 0 Å². The molecule has 0 unspecified atom stereocenters. The Morgan fingerprint density at radius 1 is 1.33 bits per heavy atom. The molecule has 0 radical (unpaired) electrons. The molecule has 0 heterocycles. The monoisotopic (exact) mass is 349 g/mol. The molecule has 24 heavy (non-hydrogen) atoms. The zero-order valence-electron chi connectivity index (χ0n) is 12.5. The molecule has 1 rings (SSSR count). The van der Waals surface area contributed by atoms with Crippen LogP contribution in [0.3, 0.4) is 0 Å². The number of nitro benzene ring substituents is 1. The third kappa shape index (κ3) is 5.74. The summed E-state index contributed by atoms with van der Waals surface area (Å²) in [7, 11) is 1.15. The van der Waals surface area contributed by atoms with Crippen LogP contribution in [-0.2, 0) is 20.5 Å². The Labute approximate surface area is 134 Å². The zero-order valence-corrected chi connectivity index (χ0v) is 12.5. The van der Waals surface area contributed by atoms with Crippen LogP contribution < -0.4 is 10.6 Å². The van der Waals surface area contributed by atoms with Crippen molar-refractivity contribution in [2.75, 3.05) is 25.5 Å². The number of amides is 1. The van der Waals surface area contributed by atoms with Gasteiger partial charge in [0.2, 0.25) is 5.91 Å². The lowest BCUT2D eigenvalue weighted by molar-refractivity contribution is -0.384. The quantitative estimate of drug-likeness (QED) is 0.440. The summed E-state index contributed by atoms with van der Waals surface area (Å²) in [5.41, 5.74) is -2.04. The molecular formula is C13H14F3N3O5. The van der Waals surface area contributed by atoms with Crippen molar-refractivity contribution in [1.29, 1.82) is 0 Å². The van der Waals surface area contributed by atoms with Gasteiger partial charge in [-0.1, -0.05) is 0 Å². The predicted octanol–water partition coefficient (Wildman–Crippen LogP) is 1.70. The predicted molar refractivity (Wildman–Crippen MR) is 76.2 cm³/mol. The minimum absolute atomic E-state index is 0.0702. The first kappa shape index (κ1) is 19.2. The molecule has 11 heteroatoms. The maximum Gasteiger partial charge on any atom is 0.416 e. The molecule has 0 atom stereocenters. The van der Waals surface area contributed by atoms with Gasteiger partial charge in [-0.3, -0.25) is 19.7 Å². The number of methoxy groups -OCH3 is 1. The third-order valence-electron chi connectivity index (χ3n) is 2.85. The number of nitrogens with zero attached hydrogens (tertiary/aromatic N) is 1. The number of benzene rings is 1. The average Bonchev–Trinajstić information content (AvgIpc) is 2.51. The van der Waals surface area contributed by atoms with Crippen LogP contribution in [0.15, 0.2) is 18.2 Å². The van der Waals surface area contributed by atoms with Crippen LogP contribution in [0.2, 0.25) is 0 Å². The molecule has 132 valence electrons.